The van der Waals surface area contributed by atoms with E-state index in [0.29, 0.717) is 5.75 Å². The summed E-state index contributed by atoms with van der Waals surface area (Å²) in [6.45, 7) is 0. The summed E-state index contributed by atoms with van der Waals surface area (Å²) in [5.41, 5.74) is 0.0603. The zero-order chi connectivity index (χ0) is 10.6. The number of halogens is 1. The summed E-state index contributed by atoms with van der Waals surface area (Å²) in [5, 5.41) is 17.0. The lowest BCUT2D eigenvalue weighted by Gasteiger charge is -2.06. The molecule has 0 saturated heterocycles. The number of ether oxygens (including phenoxy) is 1. The van der Waals surface area contributed by atoms with Gasteiger partial charge in [0.15, 0.2) is 0 Å². The van der Waals surface area contributed by atoms with Crippen LogP contribution in [0.15, 0.2) is 12.1 Å². The molecular formula is C10H7FN2O. The van der Waals surface area contributed by atoms with Crippen molar-refractivity contribution in [3.63, 3.8) is 0 Å². The highest BCUT2D eigenvalue weighted by molar-refractivity contribution is 5.44. The van der Waals surface area contributed by atoms with E-state index in [4.69, 9.17) is 15.3 Å². The molecule has 0 unspecified atom stereocenters. The minimum atomic E-state index is -0.673. The van der Waals surface area contributed by atoms with Gasteiger partial charge in [0.05, 0.1) is 25.2 Å². The molecule has 0 bridgehead atoms. The number of nitrogens with zero attached hydrogens (tertiary/aromatic N) is 2. The Bertz CT molecular complexity index is 429. The van der Waals surface area contributed by atoms with Crippen LogP contribution in [0.4, 0.5) is 4.39 Å². The number of methoxy groups -OCH3 is 1. The summed E-state index contributed by atoms with van der Waals surface area (Å²) in [4.78, 5) is 0. The highest BCUT2D eigenvalue weighted by Crippen LogP contribution is 2.24. The maximum Gasteiger partial charge on any atom is 0.148 e. The molecule has 0 aliphatic heterocycles. The van der Waals surface area contributed by atoms with E-state index in [2.05, 4.69) is 0 Å². The minimum Gasteiger partial charge on any atom is -0.496 e. The Labute approximate surface area is 81.0 Å². The minimum absolute atomic E-state index is 0.0731. The van der Waals surface area contributed by atoms with Gasteiger partial charge in [0, 0.05) is 5.56 Å². The number of nitriles is 2. The quantitative estimate of drug-likeness (QED) is 0.714. The predicted molar refractivity (Wildman–Crippen MR) is 47.0 cm³/mol. The van der Waals surface area contributed by atoms with Crippen LogP contribution < -0.4 is 4.74 Å². The van der Waals surface area contributed by atoms with Crippen LogP contribution in [0, 0.1) is 28.5 Å². The number of rotatable bonds is 2. The first-order valence-electron chi connectivity index (χ1n) is 3.87. The Hall–Kier alpha value is -2.07. The summed E-state index contributed by atoms with van der Waals surface area (Å²) in [6, 6.07) is 6.34. The van der Waals surface area contributed by atoms with Gasteiger partial charge in [-0.3, -0.25) is 0 Å². The van der Waals surface area contributed by atoms with Gasteiger partial charge in [-0.15, -0.1) is 0 Å². The Balaban J connectivity index is 3.34. The van der Waals surface area contributed by atoms with Crippen molar-refractivity contribution in [2.75, 3.05) is 7.11 Å². The van der Waals surface area contributed by atoms with E-state index in [1.165, 1.54) is 19.2 Å². The second-order valence-corrected chi connectivity index (χ2v) is 2.55. The normalized spacial score (nSPS) is 8.86. The molecule has 1 aromatic carbocycles. The molecule has 0 amide bonds. The molecule has 0 spiro atoms. The topological polar surface area (TPSA) is 56.8 Å². The van der Waals surface area contributed by atoms with Crippen molar-refractivity contribution in [2.24, 2.45) is 0 Å². The summed E-state index contributed by atoms with van der Waals surface area (Å²) in [5.74, 6) is -0.378. The molecule has 1 rings (SSSR count). The standard InChI is InChI=1S/C10H7FN2O/c1-14-9-3-2-7(6-13)10(11)8(9)4-5-12/h2-3H,4H2,1H3. The van der Waals surface area contributed by atoms with Gasteiger partial charge in [0.1, 0.15) is 17.6 Å². The summed E-state index contributed by atoms with van der Waals surface area (Å²) >= 11 is 0. The van der Waals surface area contributed by atoms with Crippen molar-refractivity contribution in [1.82, 2.24) is 0 Å². The molecule has 0 N–H and O–H groups in total. The third-order valence-corrected chi connectivity index (χ3v) is 1.80. The van der Waals surface area contributed by atoms with Gasteiger partial charge in [0.25, 0.3) is 0 Å². The van der Waals surface area contributed by atoms with Crippen molar-refractivity contribution in [1.29, 1.82) is 10.5 Å². The molecule has 0 radical (unpaired) electrons. The SMILES string of the molecule is COc1ccc(C#N)c(F)c1CC#N. The van der Waals surface area contributed by atoms with E-state index in [9.17, 15) is 4.39 Å². The van der Waals surface area contributed by atoms with Crippen LogP contribution in [0.3, 0.4) is 0 Å². The highest BCUT2D eigenvalue weighted by Gasteiger charge is 2.13. The Kier molecular flexibility index (Phi) is 3.04. The molecule has 0 aliphatic carbocycles. The van der Waals surface area contributed by atoms with Crippen LogP contribution in [0.2, 0.25) is 0 Å². The van der Waals surface area contributed by atoms with Crippen LogP contribution >= 0.6 is 0 Å². The average molecular weight is 190 g/mol. The van der Waals surface area contributed by atoms with Crippen molar-refractivity contribution < 1.29 is 9.13 Å². The van der Waals surface area contributed by atoms with Gasteiger partial charge in [-0.25, -0.2) is 4.39 Å². The van der Waals surface area contributed by atoms with E-state index in [0.717, 1.165) is 0 Å². The van der Waals surface area contributed by atoms with Gasteiger partial charge in [-0.05, 0) is 12.1 Å². The van der Waals surface area contributed by atoms with Crippen LogP contribution in [-0.4, -0.2) is 7.11 Å². The van der Waals surface area contributed by atoms with Crippen molar-refractivity contribution >= 4 is 0 Å². The molecular weight excluding hydrogens is 183 g/mol. The van der Waals surface area contributed by atoms with E-state index >= 15 is 0 Å². The Morgan fingerprint density at radius 1 is 1.43 bits per heavy atom. The smallest absolute Gasteiger partial charge is 0.148 e. The number of benzene rings is 1. The summed E-state index contributed by atoms with van der Waals surface area (Å²) < 4.78 is 18.3. The third-order valence-electron chi connectivity index (χ3n) is 1.80. The molecule has 0 saturated carbocycles. The zero-order valence-electron chi connectivity index (χ0n) is 7.54. The van der Waals surface area contributed by atoms with Gasteiger partial charge in [0.2, 0.25) is 0 Å². The molecule has 0 atom stereocenters. The van der Waals surface area contributed by atoms with E-state index < -0.39 is 5.82 Å². The third kappa shape index (κ3) is 1.65. The Morgan fingerprint density at radius 2 is 2.14 bits per heavy atom. The Morgan fingerprint density at radius 3 is 2.64 bits per heavy atom. The lowest BCUT2D eigenvalue weighted by atomic mass is 10.1. The van der Waals surface area contributed by atoms with Gasteiger partial charge < -0.3 is 4.74 Å². The monoisotopic (exact) mass is 190 g/mol. The number of hydrogen-bond acceptors (Lipinski definition) is 3. The molecule has 0 heterocycles. The lowest BCUT2D eigenvalue weighted by molar-refractivity contribution is 0.406. The van der Waals surface area contributed by atoms with E-state index in [1.54, 1.807) is 6.07 Å². The van der Waals surface area contributed by atoms with Crippen LogP contribution in [-0.2, 0) is 6.42 Å². The largest absolute Gasteiger partial charge is 0.496 e. The molecule has 4 heteroatoms. The van der Waals surface area contributed by atoms with Gasteiger partial charge >= 0.3 is 0 Å². The first-order valence-corrected chi connectivity index (χ1v) is 3.87. The summed E-state index contributed by atoms with van der Waals surface area (Å²) in [6.07, 6.45) is -0.107. The van der Waals surface area contributed by atoms with Crippen LogP contribution in [0.25, 0.3) is 0 Å². The van der Waals surface area contributed by atoms with Gasteiger partial charge in [-0.1, -0.05) is 0 Å². The second kappa shape index (κ2) is 4.25. The van der Waals surface area contributed by atoms with Crippen molar-refractivity contribution in [3.8, 4) is 17.9 Å². The predicted octanol–water partition coefficient (Wildman–Crippen LogP) is 1.77. The number of hydrogen-bond donors (Lipinski definition) is 0. The maximum atomic E-state index is 13.5. The molecule has 1 aromatic rings. The molecule has 0 fully saturated rings. The average Bonchev–Trinajstić information content (AvgIpc) is 2.21. The van der Waals surface area contributed by atoms with Crippen molar-refractivity contribution in [3.05, 3.63) is 29.1 Å². The zero-order valence-corrected chi connectivity index (χ0v) is 7.54. The fourth-order valence-electron chi connectivity index (χ4n) is 1.12. The lowest BCUT2D eigenvalue weighted by Crippen LogP contribution is -1.97. The van der Waals surface area contributed by atoms with E-state index in [1.807, 2.05) is 6.07 Å². The fourth-order valence-corrected chi connectivity index (χ4v) is 1.12. The highest BCUT2D eigenvalue weighted by atomic mass is 19.1. The van der Waals surface area contributed by atoms with E-state index in [-0.39, 0.29) is 17.5 Å². The molecule has 14 heavy (non-hydrogen) atoms. The molecule has 3 nitrogen and oxygen atoms in total. The van der Waals surface area contributed by atoms with Gasteiger partial charge in [-0.2, -0.15) is 10.5 Å². The molecule has 0 aromatic heterocycles. The fraction of sp³-hybridized carbons (Fsp3) is 0.200. The van der Waals surface area contributed by atoms with Crippen LogP contribution in [0.1, 0.15) is 11.1 Å². The van der Waals surface area contributed by atoms with Crippen molar-refractivity contribution in [2.45, 2.75) is 6.42 Å². The molecule has 70 valence electrons. The molecule has 0 aliphatic rings. The second-order valence-electron chi connectivity index (χ2n) is 2.55. The maximum absolute atomic E-state index is 13.5. The first-order chi connectivity index (χ1) is 6.74. The summed E-state index contributed by atoms with van der Waals surface area (Å²) in [7, 11) is 1.39. The van der Waals surface area contributed by atoms with Crippen LogP contribution in [0.5, 0.6) is 5.75 Å². The first kappa shape index (κ1) is 10.0.